The van der Waals surface area contributed by atoms with Gasteiger partial charge in [0.15, 0.2) is 0 Å². The number of nitrogens with zero attached hydrogens (tertiary/aromatic N) is 2. The van der Waals surface area contributed by atoms with E-state index in [9.17, 15) is 9.59 Å². The highest BCUT2D eigenvalue weighted by molar-refractivity contribution is 5.94. The van der Waals surface area contributed by atoms with Crippen LogP contribution in [-0.4, -0.2) is 79.9 Å². The van der Waals surface area contributed by atoms with Crippen molar-refractivity contribution >= 4 is 22.9 Å². The third-order valence-electron chi connectivity index (χ3n) is 5.68. The van der Waals surface area contributed by atoms with Crippen molar-refractivity contribution in [3.05, 3.63) is 65.6 Å². The molecule has 0 saturated carbocycles. The second-order valence-corrected chi connectivity index (χ2v) is 10.1. The van der Waals surface area contributed by atoms with Crippen molar-refractivity contribution in [3.63, 3.8) is 0 Å². The van der Waals surface area contributed by atoms with Gasteiger partial charge in [-0.15, -0.1) is 0 Å². The molecule has 0 bridgehead atoms. The predicted molar refractivity (Wildman–Crippen MR) is 152 cm³/mol. The van der Waals surface area contributed by atoms with Crippen LogP contribution in [0.3, 0.4) is 0 Å². The van der Waals surface area contributed by atoms with E-state index in [4.69, 9.17) is 24.7 Å². The van der Waals surface area contributed by atoms with E-state index in [1.54, 1.807) is 18.3 Å². The molecule has 0 aliphatic carbocycles. The number of hydrogen-bond donors (Lipinski definition) is 3. The molecule has 11 heteroatoms. The van der Waals surface area contributed by atoms with E-state index in [-0.39, 0.29) is 5.91 Å². The topological polar surface area (TPSA) is 139 Å². The van der Waals surface area contributed by atoms with Gasteiger partial charge in [0.05, 0.1) is 51.9 Å². The van der Waals surface area contributed by atoms with E-state index in [1.165, 1.54) is 0 Å². The molecule has 2 amide bonds. The van der Waals surface area contributed by atoms with E-state index in [1.807, 2.05) is 33.0 Å². The van der Waals surface area contributed by atoms with Gasteiger partial charge in [0.25, 0.3) is 5.91 Å². The van der Waals surface area contributed by atoms with Crippen molar-refractivity contribution in [2.75, 3.05) is 52.7 Å². The van der Waals surface area contributed by atoms with Crippen molar-refractivity contribution in [2.45, 2.75) is 39.5 Å². The smallest absolute Gasteiger partial charge is 0.407 e. The van der Waals surface area contributed by atoms with Gasteiger partial charge in [-0.3, -0.25) is 9.78 Å². The zero-order valence-electron chi connectivity index (χ0n) is 23.6. The first-order valence-corrected chi connectivity index (χ1v) is 13.5. The highest BCUT2D eigenvalue weighted by Crippen LogP contribution is 2.19. The van der Waals surface area contributed by atoms with Crippen LogP contribution in [0.2, 0.25) is 0 Å². The van der Waals surface area contributed by atoms with Gasteiger partial charge in [-0.05, 0) is 56.0 Å². The molecule has 0 spiro atoms. The van der Waals surface area contributed by atoms with Crippen molar-refractivity contribution in [3.8, 4) is 0 Å². The molecule has 3 rings (SSSR count). The van der Waals surface area contributed by atoms with Crippen molar-refractivity contribution < 1.29 is 28.5 Å². The predicted octanol–water partition coefficient (Wildman–Crippen LogP) is 2.85. The Morgan fingerprint density at radius 3 is 2.25 bits per heavy atom. The molecule has 2 aromatic heterocycles. The number of alkyl carbamates (subject to hydrolysis) is 1. The molecule has 1 aromatic carbocycles. The lowest BCUT2D eigenvalue weighted by atomic mass is 10.1. The molecule has 0 radical (unpaired) electrons. The van der Waals surface area contributed by atoms with Gasteiger partial charge in [0.2, 0.25) is 0 Å². The van der Waals surface area contributed by atoms with Crippen LogP contribution in [0.25, 0.3) is 10.9 Å². The Bertz CT molecular complexity index is 1220. The molecule has 0 aliphatic heterocycles. The summed E-state index contributed by atoms with van der Waals surface area (Å²) in [6.45, 7) is 9.62. The van der Waals surface area contributed by atoms with Crippen LogP contribution in [0.4, 0.5) is 4.79 Å². The fourth-order valence-corrected chi connectivity index (χ4v) is 3.79. The number of rotatable bonds is 16. The van der Waals surface area contributed by atoms with Crippen LogP contribution < -0.4 is 16.4 Å². The molecule has 11 nitrogen and oxygen atoms in total. The van der Waals surface area contributed by atoms with E-state index in [0.717, 1.165) is 22.2 Å². The van der Waals surface area contributed by atoms with Gasteiger partial charge in [-0.1, -0.05) is 12.1 Å². The Balaban J connectivity index is 1.24. The third kappa shape index (κ3) is 10.9. The van der Waals surface area contributed by atoms with Gasteiger partial charge in [0, 0.05) is 43.1 Å². The first-order chi connectivity index (χ1) is 19.2. The second kappa shape index (κ2) is 15.9. The monoisotopic (exact) mass is 555 g/mol. The van der Waals surface area contributed by atoms with Crippen molar-refractivity contribution in [1.29, 1.82) is 0 Å². The minimum atomic E-state index is -0.522. The molecule has 4 N–H and O–H groups in total. The maximum Gasteiger partial charge on any atom is 0.407 e. The van der Waals surface area contributed by atoms with Crippen LogP contribution in [0.5, 0.6) is 0 Å². The lowest BCUT2D eigenvalue weighted by Gasteiger charge is -2.19. The summed E-state index contributed by atoms with van der Waals surface area (Å²) in [6.07, 6.45) is 3.20. The minimum absolute atomic E-state index is 0.176. The number of pyridine rings is 1. The number of amides is 2. The van der Waals surface area contributed by atoms with Gasteiger partial charge in [-0.25, -0.2) is 4.79 Å². The van der Waals surface area contributed by atoms with Gasteiger partial charge in [-0.2, -0.15) is 0 Å². The Kier molecular flexibility index (Phi) is 12.4. The molecule has 0 atom stereocenters. The zero-order chi connectivity index (χ0) is 28.8. The van der Waals surface area contributed by atoms with Crippen LogP contribution in [0.15, 0.2) is 48.8 Å². The third-order valence-corrected chi connectivity index (χ3v) is 5.68. The molecular formula is C29H41N5O6. The number of benzene rings is 1. The maximum atomic E-state index is 12.6. The molecular weight excluding hydrogens is 514 g/mol. The minimum Gasteiger partial charge on any atom is -0.444 e. The van der Waals surface area contributed by atoms with E-state index in [2.05, 4.69) is 38.4 Å². The highest BCUT2D eigenvalue weighted by Gasteiger charge is 2.15. The SMILES string of the molecule is CC(C)(C)OC(=O)NCCOCCOCCOCCNC(=O)c1ccnc(Cn2ccc3ccc(CN)cc32)c1. The highest BCUT2D eigenvalue weighted by atomic mass is 16.6. The number of nitrogens with one attached hydrogen (secondary N) is 2. The maximum absolute atomic E-state index is 12.6. The van der Waals surface area contributed by atoms with E-state index >= 15 is 0 Å². The molecule has 0 unspecified atom stereocenters. The van der Waals surface area contributed by atoms with Crippen molar-refractivity contribution in [1.82, 2.24) is 20.2 Å². The van der Waals surface area contributed by atoms with Crippen LogP contribution in [0.1, 0.15) is 42.4 Å². The Hall–Kier alpha value is -3.51. The van der Waals surface area contributed by atoms with Gasteiger partial charge >= 0.3 is 6.09 Å². The molecule has 0 aliphatic rings. The van der Waals surface area contributed by atoms with Crippen molar-refractivity contribution in [2.24, 2.45) is 5.73 Å². The lowest BCUT2D eigenvalue weighted by molar-refractivity contribution is 0.0145. The van der Waals surface area contributed by atoms with Gasteiger partial charge in [0.1, 0.15) is 5.60 Å². The number of carbonyl (C=O) groups is 2. The number of aromatic nitrogens is 2. The Morgan fingerprint density at radius 2 is 1.57 bits per heavy atom. The van der Waals surface area contributed by atoms with E-state index < -0.39 is 11.7 Å². The average molecular weight is 556 g/mol. The first-order valence-electron chi connectivity index (χ1n) is 13.5. The Morgan fingerprint density at radius 1 is 0.900 bits per heavy atom. The average Bonchev–Trinajstić information content (AvgIpc) is 3.31. The van der Waals surface area contributed by atoms with Crippen LogP contribution in [0, 0.1) is 0 Å². The molecule has 0 fully saturated rings. The molecule has 40 heavy (non-hydrogen) atoms. The van der Waals surface area contributed by atoms with Crippen LogP contribution in [-0.2, 0) is 32.0 Å². The number of nitrogens with two attached hydrogens (primary N) is 1. The Labute approximate surface area is 235 Å². The fraction of sp³-hybridized carbons (Fsp3) is 0.483. The number of fused-ring (bicyclic) bond motifs is 1. The molecule has 2 heterocycles. The molecule has 3 aromatic rings. The molecule has 0 saturated heterocycles. The summed E-state index contributed by atoms with van der Waals surface area (Å²) < 4.78 is 23.6. The normalized spacial score (nSPS) is 11.5. The summed E-state index contributed by atoms with van der Waals surface area (Å²) in [5, 5.41) is 6.63. The zero-order valence-corrected chi connectivity index (χ0v) is 23.6. The second-order valence-electron chi connectivity index (χ2n) is 10.1. The summed E-state index contributed by atoms with van der Waals surface area (Å²) in [7, 11) is 0. The first kappa shape index (κ1) is 31.0. The van der Waals surface area contributed by atoms with E-state index in [0.29, 0.717) is 71.4 Å². The number of ether oxygens (including phenoxy) is 4. The van der Waals surface area contributed by atoms with Gasteiger partial charge < -0.3 is 39.9 Å². The summed E-state index contributed by atoms with van der Waals surface area (Å²) in [4.78, 5) is 28.5. The standard InChI is InChI=1S/C29H41N5O6/c1-29(2,3)40-28(36)33-10-13-38-15-17-39-16-14-37-12-9-32-27(35)24-6-8-31-25(19-24)21-34-11-7-23-5-4-22(20-30)18-26(23)34/h4-8,11,18-19H,9-10,12-17,20-21,30H2,1-3H3,(H,32,35)(H,33,36). The summed E-state index contributed by atoms with van der Waals surface area (Å²) in [5.74, 6) is -0.176. The largest absolute Gasteiger partial charge is 0.444 e. The number of carbonyl (C=O) groups excluding carboxylic acids is 2. The molecule has 218 valence electrons. The summed E-state index contributed by atoms with van der Waals surface area (Å²) >= 11 is 0. The van der Waals surface area contributed by atoms with Crippen LogP contribution >= 0.6 is 0 Å². The number of hydrogen-bond acceptors (Lipinski definition) is 8. The quantitative estimate of drug-likeness (QED) is 0.229. The fourth-order valence-electron chi connectivity index (χ4n) is 3.79. The summed E-state index contributed by atoms with van der Waals surface area (Å²) in [6, 6.07) is 11.7. The summed E-state index contributed by atoms with van der Waals surface area (Å²) in [5.41, 5.74) is 8.76. The lowest BCUT2D eigenvalue weighted by Crippen LogP contribution is -2.34.